The number of nitrogens with one attached hydrogen (secondary N) is 1. The van der Waals surface area contributed by atoms with E-state index >= 15 is 0 Å². The van der Waals surface area contributed by atoms with Crippen LogP contribution in [0.15, 0.2) is 24.5 Å². The molecule has 0 aliphatic heterocycles. The Morgan fingerprint density at radius 3 is 2.84 bits per heavy atom. The number of carbonyl (C=O) groups excluding carboxylic acids is 2. The first-order chi connectivity index (χ1) is 9.13. The molecule has 0 aliphatic carbocycles. The van der Waals surface area contributed by atoms with Gasteiger partial charge in [0.2, 0.25) is 5.91 Å². The Labute approximate surface area is 112 Å². The summed E-state index contributed by atoms with van der Waals surface area (Å²) >= 11 is 0. The number of hydrogen-bond acceptors (Lipinski definition) is 5. The summed E-state index contributed by atoms with van der Waals surface area (Å²) < 4.78 is 5.16. The van der Waals surface area contributed by atoms with Crippen molar-refractivity contribution in [2.45, 2.75) is 32.2 Å². The fourth-order valence-corrected chi connectivity index (χ4v) is 1.58. The Hall–Kier alpha value is -1.95. The highest BCUT2D eigenvalue weighted by molar-refractivity contribution is 5.84. The SMILES string of the molecule is CC(=O)N[C@@H](CCCCN)C(=O)Oc1cccnc1. The summed E-state index contributed by atoms with van der Waals surface area (Å²) in [5, 5.41) is 2.58. The molecule has 6 nitrogen and oxygen atoms in total. The summed E-state index contributed by atoms with van der Waals surface area (Å²) in [5.74, 6) is -0.386. The number of unbranched alkanes of at least 4 members (excludes halogenated alkanes) is 1. The minimum atomic E-state index is -0.649. The molecule has 0 aromatic carbocycles. The lowest BCUT2D eigenvalue weighted by atomic mass is 10.1. The van der Waals surface area contributed by atoms with E-state index in [2.05, 4.69) is 10.3 Å². The summed E-state index contributed by atoms with van der Waals surface area (Å²) in [6.45, 7) is 1.93. The highest BCUT2D eigenvalue weighted by atomic mass is 16.5. The average Bonchev–Trinajstić information content (AvgIpc) is 2.38. The van der Waals surface area contributed by atoms with E-state index in [1.54, 1.807) is 18.3 Å². The van der Waals surface area contributed by atoms with Crippen LogP contribution in [0.25, 0.3) is 0 Å². The molecule has 1 amide bonds. The van der Waals surface area contributed by atoms with Gasteiger partial charge in [0.05, 0.1) is 6.20 Å². The first-order valence-corrected chi connectivity index (χ1v) is 6.22. The molecule has 3 N–H and O–H groups in total. The molecule has 0 unspecified atom stereocenters. The van der Waals surface area contributed by atoms with Crippen molar-refractivity contribution in [3.63, 3.8) is 0 Å². The van der Waals surface area contributed by atoms with Gasteiger partial charge in [-0.1, -0.05) is 0 Å². The van der Waals surface area contributed by atoms with Crippen molar-refractivity contribution < 1.29 is 14.3 Å². The normalized spacial score (nSPS) is 11.7. The molecular formula is C13H19N3O3. The molecule has 6 heteroatoms. The van der Waals surface area contributed by atoms with Gasteiger partial charge in [-0.25, -0.2) is 4.79 Å². The lowest BCUT2D eigenvalue weighted by Crippen LogP contribution is -2.42. The minimum absolute atomic E-state index is 0.263. The summed E-state index contributed by atoms with van der Waals surface area (Å²) in [5.41, 5.74) is 5.40. The molecule has 1 heterocycles. The van der Waals surface area contributed by atoms with Crippen LogP contribution < -0.4 is 15.8 Å². The van der Waals surface area contributed by atoms with E-state index in [4.69, 9.17) is 10.5 Å². The summed E-state index contributed by atoms with van der Waals surface area (Å²) in [6, 6.07) is 2.66. The highest BCUT2D eigenvalue weighted by Gasteiger charge is 2.21. The van der Waals surface area contributed by atoms with Gasteiger partial charge >= 0.3 is 5.97 Å². The number of nitrogens with two attached hydrogens (primary N) is 1. The van der Waals surface area contributed by atoms with Gasteiger partial charge in [-0.2, -0.15) is 0 Å². The van der Waals surface area contributed by atoms with Crippen LogP contribution in [0.1, 0.15) is 26.2 Å². The number of carbonyl (C=O) groups is 2. The van der Waals surface area contributed by atoms with Gasteiger partial charge in [0.15, 0.2) is 0 Å². The zero-order valence-corrected chi connectivity index (χ0v) is 11.0. The van der Waals surface area contributed by atoms with Crippen molar-refractivity contribution in [2.75, 3.05) is 6.54 Å². The third-order valence-corrected chi connectivity index (χ3v) is 2.46. The number of hydrogen-bond donors (Lipinski definition) is 2. The average molecular weight is 265 g/mol. The van der Waals surface area contributed by atoms with Gasteiger partial charge in [-0.3, -0.25) is 9.78 Å². The Morgan fingerprint density at radius 2 is 2.26 bits per heavy atom. The fourth-order valence-electron chi connectivity index (χ4n) is 1.58. The van der Waals surface area contributed by atoms with Gasteiger partial charge in [0.25, 0.3) is 0 Å². The first-order valence-electron chi connectivity index (χ1n) is 6.22. The first kappa shape index (κ1) is 15.1. The van der Waals surface area contributed by atoms with E-state index in [-0.39, 0.29) is 5.91 Å². The quantitative estimate of drug-likeness (QED) is 0.556. The molecule has 1 aromatic heterocycles. The van der Waals surface area contributed by atoms with Crippen LogP contribution in [0, 0.1) is 0 Å². The molecule has 1 atom stereocenters. The van der Waals surface area contributed by atoms with E-state index in [9.17, 15) is 9.59 Å². The van der Waals surface area contributed by atoms with Crippen LogP contribution in [-0.4, -0.2) is 29.4 Å². The summed E-state index contributed by atoms with van der Waals surface area (Å²) in [4.78, 5) is 26.9. The number of esters is 1. The fraction of sp³-hybridized carbons (Fsp3) is 0.462. The molecule has 0 bridgehead atoms. The largest absolute Gasteiger partial charge is 0.423 e. The molecule has 0 fully saturated rings. The van der Waals surface area contributed by atoms with Gasteiger partial charge in [0.1, 0.15) is 11.8 Å². The van der Waals surface area contributed by atoms with Crippen LogP contribution in [0.3, 0.4) is 0 Å². The van der Waals surface area contributed by atoms with E-state index in [1.165, 1.54) is 13.1 Å². The van der Waals surface area contributed by atoms with Gasteiger partial charge < -0.3 is 15.8 Å². The second-order valence-corrected chi connectivity index (χ2v) is 4.15. The van der Waals surface area contributed by atoms with Gasteiger partial charge in [0, 0.05) is 13.1 Å². The zero-order valence-electron chi connectivity index (χ0n) is 11.0. The molecular weight excluding hydrogens is 246 g/mol. The third kappa shape index (κ3) is 5.96. The Morgan fingerprint density at radius 1 is 1.47 bits per heavy atom. The highest BCUT2D eigenvalue weighted by Crippen LogP contribution is 2.10. The standard InChI is InChI=1S/C13H19N3O3/c1-10(17)16-12(6-2-3-7-14)13(18)19-11-5-4-8-15-9-11/h4-5,8-9,12H,2-3,6-7,14H2,1H3,(H,16,17)/t12-/m0/s1. The van der Waals surface area contributed by atoms with Crippen LogP contribution in [0.2, 0.25) is 0 Å². The van der Waals surface area contributed by atoms with Crippen LogP contribution in [0.4, 0.5) is 0 Å². The molecule has 1 aromatic rings. The van der Waals surface area contributed by atoms with Crippen molar-refractivity contribution in [1.29, 1.82) is 0 Å². The van der Waals surface area contributed by atoms with Crippen molar-refractivity contribution >= 4 is 11.9 Å². The van der Waals surface area contributed by atoms with E-state index in [1.807, 2.05) is 0 Å². The number of aromatic nitrogens is 1. The molecule has 0 saturated heterocycles. The van der Waals surface area contributed by atoms with Crippen molar-refractivity contribution in [3.8, 4) is 5.75 Å². The number of pyridine rings is 1. The Kier molecular flexibility index (Phi) is 6.52. The maximum Gasteiger partial charge on any atom is 0.334 e. The monoisotopic (exact) mass is 265 g/mol. The number of amides is 1. The molecule has 1 rings (SSSR count). The van der Waals surface area contributed by atoms with E-state index in [0.29, 0.717) is 18.7 Å². The van der Waals surface area contributed by atoms with Crippen LogP contribution in [-0.2, 0) is 9.59 Å². The Balaban J connectivity index is 2.57. The molecule has 104 valence electrons. The maximum atomic E-state index is 11.9. The third-order valence-electron chi connectivity index (χ3n) is 2.46. The lowest BCUT2D eigenvalue weighted by molar-refractivity contribution is -0.139. The topological polar surface area (TPSA) is 94.3 Å². The summed E-state index contributed by atoms with van der Waals surface area (Å²) in [7, 11) is 0. The maximum absolute atomic E-state index is 11.9. The van der Waals surface area contributed by atoms with Crippen molar-refractivity contribution in [2.24, 2.45) is 5.73 Å². The van der Waals surface area contributed by atoms with Crippen molar-refractivity contribution in [1.82, 2.24) is 10.3 Å². The molecule has 0 spiro atoms. The van der Waals surface area contributed by atoms with Crippen LogP contribution >= 0.6 is 0 Å². The number of ether oxygens (including phenoxy) is 1. The minimum Gasteiger partial charge on any atom is -0.423 e. The second-order valence-electron chi connectivity index (χ2n) is 4.15. The smallest absolute Gasteiger partial charge is 0.334 e. The predicted molar refractivity (Wildman–Crippen MR) is 70.4 cm³/mol. The van der Waals surface area contributed by atoms with E-state index in [0.717, 1.165) is 12.8 Å². The summed E-state index contributed by atoms with van der Waals surface area (Å²) in [6.07, 6.45) is 5.10. The van der Waals surface area contributed by atoms with Gasteiger partial charge in [-0.15, -0.1) is 0 Å². The van der Waals surface area contributed by atoms with Crippen LogP contribution in [0.5, 0.6) is 5.75 Å². The van der Waals surface area contributed by atoms with E-state index < -0.39 is 12.0 Å². The second kappa shape index (κ2) is 8.20. The molecule has 0 saturated carbocycles. The molecule has 0 aliphatic rings. The Bertz CT molecular complexity index is 409. The number of nitrogens with zero attached hydrogens (tertiary/aromatic N) is 1. The lowest BCUT2D eigenvalue weighted by Gasteiger charge is -2.16. The number of rotatable bonds is 7. The van der Waals surface area contributed by atoms with Crippen molar-refractivity contribution in [3.05, 3.63) is 24.5 Å². The predicted octanol–water partition coefficient (Wildman–Crippen LogP) is 0.621. The van der Waals surface area contributed by atoms with Gasteiger partial charge in [-0.05, 0) is 37.9 Å². The molecule has 19 heavy (non-hydrogen) atoms. The zero-order chi connectivity index (χ0) is 14.1. The molecule has 0 radical (unpaired) electrons.